The molecule has 1 amide bonds. The molecule has 96 valence electrons. The van der Waals surface area contributed by atoms with Crippen LogP contribution in [0.25, 0.3) is 0 Å². The summed E-state index contributed by atoms with van der Waals surface area (Å²) in [5.74, 6) is 0.882. The average Bonchev–Trinajstić information content (AvgIpc) is 2.51. The highest BCUT2D eigenvalue weighted by molar-refractivity contribution is 9.10. The van der Waals surface area contributed by atoms with Crippen molar-refractivity contribution in [2.75, 3.05) is 11.9 Å². The molecule has 0 saturated heterocycles. The Labute approximate surface area is 115 Å². The van der Waals surface area contributed by atoms with Crippen LogP contribution in [0.15, 0.2) is 22.7 Å². The van der Waals surface area contributed by atoms with Crippen LogP contribution >= 0.6 is 15.9 Å². The fourth-order valence-corrected chi connectivity index (χ4v) is 3.37. The second kappa shape index (κ2) is 4.57. The maximum atomic E-state index is 12.5. The fourth-order valence-electron chi connectivity index (χ4n) is 2.88. The Bertz CT molecular complexity index is 481. The van der Waals surface area contributed by atoms with E-state index < -0.39 is 0 Å². The monoisotopic (exact) mass is 309 g/mol. The van der Waals surface area contributed by atoms with Crippen molar-refractivity contribution in [2.45, 2.75) is 32.1 Å². The SMILES string of the molecule is O=C1Nc2cccc(Br)c2OCC12CCCCC2. The van der Waals surface area contributed by atoms with Crippen LogP contribution in [0.4, 0.5) is 5.69 Å². The van der Waals surface area contributed by atoms with Crippen LogP contribution in [0, 0.1) is 5.41 Å². The van der Waals surface area contributed by atoms with Gasteiger partial charge in [-0.25, -0.2) is 0 Å². The minimum atomic E-state index is -0.323. The van der Waals surface area contributed by atoms with E-state index in [0.717, 1.165) is 41.6 Å². The van der Waals surface area contributed by atoms with E-state index >= 15 is 0 Å². The lowest BCUT2D eigenvalue weighted by atomic mass is 9.74. The Balaban J connectivity index is 1.95. The zero-order valence-electron chi connectivity index (χ0n) is 10.2. The minimum absolute atomic E-state index is 0.124. The van der Waals surface area contributed by atoms with Crippen molar-refractivity contribution in [3.05, 3.63) is 22.7 Å². The maximum Gasteiger partial charge on any atom is 0.234 e. The molecule has 0 unspecified atom stereocenters. The zero-order valence-corrected chi connectivity index (χ0v) is 11.8. The summed E-state index contributed by atoms with van der Waals surface area (Å²) < 4.78 is 6.81. The topological polar surface area (TPSA) is 38.3 Å². The third-order valence-corrected chi connectivity index (χ3v) is 4.62. The number of halogens is 1. The largest absolute Gasteiger partial charge is 0.489 e. The van der Waals surface area contributed by atoms with Crippen molar-refractivity contribution in [1.82, 2.24) is 0 Å². The summed E-state index contributed by atoms with van der Waals surface area (Å²) >= 11 is 3.47. The Morgan fingerprint density at radius 3 is 2.78 bits per heavy atom. The molecule has 0 aromatic heterocycles. The summed E-state index contributed by atoms with van der Waals surface area (Å²) in [7, 11) is 0. The normalized spacial score (nSPS) is 21.7. The predicted octanol–water partition coefficient (Wildman–Crippen LogP) is 3.73. The molecule has 1 N–H and O–H groups in total. The van der Waals surface area contributed by atoms with E-state index in [9.17, 15) is 4.79 Å². The summed E-state index contributed by atoms with van der Waals surface area (Å²) in [5.41, 5.74) is 0.452. The number of anilines is 1. The lowest BCUT2D eigenvalue weighted by Crippen LogP contribution is -2.41. The molecular weight excluding hydrogens is 294 g/mol. The second-order valence-corrected chi connectivity index (χ2v) is 6.05. The fraction of sp³-hybridized carbons (Fsp3) is 0.500. The van der Waals surface area contributed by atoms with Crippen molar-refractivity contribution >= 4 is 27.5 Å². The number of carbonyl (C=O) groups excluding carboxylic acids is 1. The van der Waals surface area contributed by atoms with Gasteiger partial charge in [-0.2, -0.15) is 0 Å². The Morgan fingerprint density at radius 1 is 1.22 bits per heavy atom. The van der Waals surface area contributed by atoms with Crippen LogP contribution in [-0.2, 0) is 4.79 Å². The van der Waals surface area contributed by atoms with Gasteiger partial charge in [0, 0.05) is 0 Å². The minimum Gasteiger partial charge on any atom is -0.489 e. The first-order valence-corrected chi connectivity index (χ1v) is 7.23. The van der Waals surface area contributed by atoms with Crippen LogP contribution in [0.2, 0.25) is 0 Å². The third kappa shape index (κ3) is 1.92. The average molecular weight is 310 g/mol. The molecule has 1 aliphatic carbocycles. The summed E-state index contributed by atoms with van der Waals surface area (Å²) in [5, 5.41) is 3.03. The highest BCUT2D eigenvalue weighted by Crippen LogP contribution is 2.43. The van der Waals surface area contributed by atoms with E-state index in [0.29, 0.717) is 6.61 Å². The van der Waals surface area contributed by atoms with Gasteiger partial charge < -0.3 is 10.1 Å². The third-order valence-electron chi connectivity index (χ3n) is 4.00. The second-order valence-electron chi connectivity index (χ2n) is 5.20. The first kappa shape index (κ1) is 12.0. The first-order valence-electron chi connectivity index (χ1n) is 6.44. The number of amides is 1. The van der Waals surface area contributed by atoms with Crippen LogP contribution in [0.3, 0.4) is 0 Å². The van der Waals surface area contributed by atoms with Crippen molar-refractivity contribution in [1.29, 1.82) is 0 Å². The van der Waals surface area contributed by atoms with Gasteiger partial charge in [0.15, 0.2) is 5.75 Å². The van der Waals surface area contributed by atoms with Gasteiger partial charge >= 0.3 is 0 Å². The van der Waals surface area contributed by atoms with E-state index in [1.807, 2.05) is 18.2 Å². The molecule has 1 aromatic rings. The molecule has 3 nitrogen and oxygen atoms in total. The Morgan fingerprint density at radius 2 is 2.00 bits per heavy atom. The molecule has 1 fully saturated rings. The van der Waals surface area contributed by atoms with Crippen molar-refractivity contribution in [3.63, 3.8) is 0 Å². The van der Waals surface area contributed by atoms with Gasteiger partial charge in [-0.1, -0.05) is 25.3 Å². The molecule has 1 heterocycles. The van der Waals surface area contributed by atoms with Crippen molar-refractivity contribution in [2.24, 2.45) is 5.41 Å². The highest BCUT2D eigenvalue weighted by atomic mass is 79.9. The summed E-state index contributed by atoms with van der Waals surface area (Å²) in [6.07, 6.45) is 5.34. The summed E-state index contributed by atoms with van der Waals surface area (Å²) in [6.45, 7) is 0.494. The molecule has 1 saturated carbocycles. The van der Waals surface area contributed by atoms with Gasteiger partial charge in [0.05, 0.1) is 15.6 Å². The number of carbonyl (C=O) groups is 1. The van der Waals surface area contributed by atoms with E-state index in [4.69, 9.17) is 4.74 Å². The molecule has 1 spiro atoms. The predicted molar refractivity (Wildman–Crippen MR) is 73.8 cm³/mol. The van der Waals surface area contributed by atoms with Gasteiger partial charge in [0.1, 0.15) is 6.61 Å². The van der Waals surface area contributed by atoms with Gasteiger partial charge in [0.25, 0.3) is 0 Å². The molecule has 3 rings (SSSR count). The number of nitrogens with one attached hydrogen (secondary N) is 1. The van der Waals surface area contributed by atoms with Gasteiger partial charge in [0.2, 0.25) is 5.91 Å². The Hall–Kier alpha value is -1.03. The maximum absolute atomic E-state index is 12.5. The molecular formula is C14H16BrNO2. The molecule has 18 heavy (non-hydrogen) atoms. The zero-order chi connectivity index (χ0) is 12.6. The lowest BCUT2D eigenvalue weighted by molar-refractivity contribution is -0.128. The molecule has 0 bridgehead atoms. The number of hydrogen-bond donors (Lipinski definition) is 1. The van der Waals surface area contributed by atoms with E-state index in [1.54, 1.807) is 0 Å². The molecule has 1 aliphatic heterocycles. The summed E-state index contributed by atoms with van der Waals surface area (Å²) in [6, 6.07) is 5.73. The number of para-hydroxylation sites is 1. The molecule has 1 aromatic carbocycles. The molecule has 0 radical (unpaired) electrons. The van der Waals surface area contributed by atoms with Crippen molar-refractivity contribution in [3.8, 4) is 5.75 Å². The Kier molecular flexibility index (Phi) is 3.06. The number of hydrogen-bond acceptors (Lipinski definition) is 2. The highest BCUT2D eigenvalue weighted by Gasteiger charge is 2.42. The standard InChI is InChI=1S/C14H16BrNO2/c15-10-5-4-6-11-12(10)18-9-14(13(17)16-11)7-2-1-3-8-14/h4-6H,1-3,7-9H2,(H,16,17). The van der Waals surface area contributed by atoms with Gasteiger partial charge in [-0.05, 0) is 40.9 Å². The molecule has 4 heteroatoms. The van der Waals surface area contributed by atoms with Crippen LogP contribution in [-0.4, -0.2) is 12.5 Å². The summed E-state index contributed by atoms with van der Waals surface area (Å²) in [4.78, 5) is 12.5. The molecule has 2 aliphatic rings. The van der Waals surface area contributed by atoms with Gasteiger partial charge in [-0.15, -0.1) is 0 Å². The van der Waals surface area contributed by atoms with Gasteiger partial charge in [-0.3, -0.25) is 4.79 Å². The van der Waals surface area contributed by atoms with E-state index in [-0.39, 0.29) is 11.3 Å². The number of benzene rings is 1. The lowest BCUT2D eigenvalue weighted by Gasteiger charge is -2.33. The van der Waals surface area contributed by atoms with Crippen LogP contribution in [0.5, 0.6) is 5.75 Å². The van der Waals surface area contributed by atoms with E-state index in [1.165, 1.54) is 6.42 Å². The van der Waals surface area contributed by atoms with Crippen molar-refractivity contribution < 1.29 is 9.53 Å². The van der Waals surface area contributed by atoms with Crippen LogP contribution in [0.1, 0.15) is 32.1 Å². The van der Waals surface area contributed by atoms with E-state index in [2.05, 4.69) is 21.2 Å². The quantitative estimate of drug-likeness (QED) is 0.793. The first-order chi connectivity index (χ1) is 8.71. The number of rotatable bonds is 0. The smallest absolute Gasteiger partial charge is 0.234 e. The number of ether oxygens (including phenoxy) is 1. The van der Waals surface area contributed by atoms with Crippen LogP contribution < -0.4 is 10.1 Å². The molecule has 0 atom stereocenters. The number of fused-ring (bicyclic) bond motifs is 1.